The molecule has 4 nitrogen and oxygen atoms in total. The van der Waals surface area contributed by atoms with Gasteiger partial charge in [0.25, 0.3) is 0 Å². The van der Waals surface area contributed by atoms with E-state index in [4.69, 9.17) is 4.42 Å². The Morgan fingerprint density at radius 2 is 2.16 bits per heavy atom. The number of hydrogen-bond donors (Lipinski definition) is 1. The number of alkyl halides is 3. The van der Waals surface area contributed by atoms with Crippen molar-refractivity contribution in [3.63, 3.8) is 0 Å². The SMILES string of the molecule is CC(Cc1cccc2[nH]c(=O)oc12)=NCC(F)(F)F. The number of fused-ring (bicyclic) bond motifs is 1. The molecule has 0 spiro atoms. The van der Waals surface area contributed by atoms with Crippen molar-refractivity contribution in [3.05, 3.63) is 34.3 Å². The molecule has 0 bridgehead atoms. The molecule has 1 heterocycles. The van der Waals surface area contributed by atoms with Gasteiger partial charge in [0, 0.05) is 17.7 Å². The molecule has 0 atom stereocenters. The summed E-state index contributed by atoms with van der Waals surface area (Å²) in [5.41, 5.74) is 1.83. The second-order valence-corrected chi connectivity index (χ2v) is 4.15. The minimum Gasteiger partial charge on any atom is -0.408 e. The third kappa shape index (κ3) is 3.46. The predicted octanol–water partition coefficient (Wildman–Crippen LogP) is 2.69. The Kier molecular flexibility index (Phi) is 3.46. The number of aromatic amines is 1. The van der Waals surface area contributed by atoms with Crippen molar-refractivity contribution in [2.45, 2.75) is 19.5 Å². The summed E-state index contributed by atoms with van der Waals surface area (Å²) in [6.07, 6.45) is -4.11. The summed E-state index contributed by atoms with van der Waals surface area (Å²) in [6, 6.07) is 5.04. The van der Waals surface area contributed by atoms with E-state index in [0.29, 0.717) is 22.4 Å². The van der Waals surface area contributed by atoms with E-state index in [0.717, 1.165) is 0 Å². The zero-order valence-electron chi connectivity index (χ0n) is 10.0. The monoisotopic (exact) mass is 272 g/mol. The first kappa shape index (κ1) is 13.4. The number of benzene rings is 1. The molecule has 0 saturated heterocycles. The third-order valence-electron chi connectivity index (χ3n) is 2.50. The van der Waals surface area contributed by atoms with Crippen LogP contribution in [0.3, 0.4) is 0 Å². The van der Waals surface area contributed by atoms with Gasteiger partial charge in [0.1, 0.15) is 6.54 Å². The van der Waals surface area contributed by atoms with E-state index in [9.17, 15) is 18.0 Å². The molecule has 0 fully saturated rings. The summed E-state index contributed by atoms with van der Waals surface area (Å²) in [6.45, 7) is 0.307. The molecule has 2 rings (SSSR count). The van der Waals surface area contributed by atoms with Gasteiger partial charge in [-0.3, -0.25) is 9.98 Å². The van der Waals surface area contributed by atoms with Crippen molar-refractivity contribution in [2.75, 3.05) is 6.54 Å². The van der Waals surface area contributed by atoms with E-state index < -0.39 is 18.5 Å². The summed E-state index contributed by atoms with van der Waals surface area (Å²) >= 11 is 0. The van der Waals surface area contributed by atoms with Crippen molar-refractivity contribution < 1.29 is 17.6 Å². The summed E-state index contributed by atoms with van der Waals surface area (Å²) < 4.78 is 41.1. The van der Waals surface area contributed by atoms with Crippen molar-refractivity contribution in [3.8, 4) is 0 Å². The van der Waals surface area contributed by atoms with Crippen LogP contribution in [0, 0.1) is 0 Å². The second kappa shape index (κ2) is 4.91. The number of nitrogens with zero attached hydrogens (tertiary/aromatic N) is 1. The van der Waals surface area contributed by atoms with Crippen LogP contribution in [0.25, 0.3) is 11.1 Å². The van der Waals surface area contributed by atoms with Gasteiger partial charge in [0.15, 0.2) is 5.58 Å². The Labute approximate surface area is 106 Å². The van der Waals surface area contributed by atoms with Crippen LogP contribution in [-0.4, -0.2) is 23.4 Å². The summed E-state index contributed by atoms with van der Waals surface area (Å²) in [7, 11) is 0. The number of aromatic nitrogens is 1. The number of rotatable bonds is 3. The fourth-order valence-corrected chi connectivity index (χ4v) is 1.73. The van der Waals surface area contributed by atoms with Gasteiger partial charge in [-0.1, -0.05) is 12.1 Å². The van der Waals surface area contributed by atoms with Gasteiger partial charge in [-0.15, -0.1) is 0 Å². The lowest BCUT2D eigenvalue weighted by atomic mass is 10.1. The van der Waals surface area contributed by atoms with E-state index >= 15 is 0 Å². The fraction of sp³-hybridized carbons (Fsp3) is 0.333. The third-order valence-corrected chi connectivity index (χ3v) is 2.50. The van der Waals surface area contributed by atoms with E-state index in [-0.39, 0.29) is 6.42 Å². The largest absolute Gasteiger partial charge is 0.417 e. The fourth-order valence-electron chi connectivity index (χ4n) is 1.73. The van der Waals surface area contributed by atoms with Gasteiger partial charge in [0.05, 0.1) is 5.52 Å². The van der Waals surface area contributed by atoms with Crippen LogP contribution in [0.5, 0.6) is 0 Å². The quantitative estimate of drug-likeness (QED) is 0.873. The number of hydrogen-bond acceptors (Lipinski definition) is 3. The Balaban J connectivity index is 2.24. The molecular weight excluding hydrogens is 261 g/mol. The maximum Gasteiger partial charge on any atom is 0.417 e. The molecule has 0 aliphatic heterocycles. The van der Waals surface area contributed by atoms with E-state index in [1.54, 1.807) is 18.2 Å². The molecule has 7 heteroatoms. The molecule has 19 heavy (non-hydrogen) atoms. The molecule has 0 aliphatic carbocycles. The van der Waals surface area contributed by atoms with Crippen LogP contribution >= 0.6 is 0 Å². The summed E-state index contributed by atoms with van der Waals surface area (Å²) in [4.78, 5) is 17.0. The Hall–Kier alpha value is -2.05. The first-order valence-corrected chi connectivity index (χ1v) is 5.52. The molecule has 0 saturated carbocycles. The van der Waals surface area contributed by atoms with Crippen molar-refractivity contribution in [1.82, 2.24) is 4.98 Å². The van der Waals surface area contributed by atoms with Crippen LogP contribution < -0.4 is 5.76 Å². The topological polar surface area (TPSA) is 58.4 Å². The smallest absolute Gasteiger partial charge is 0.408 e. The van der Waals surface area contributed by atoms with Crippen LogP contribution in [-0.2, 0) is 6.42 Å². The van der Waals surface area contributed by atoms with E-state index in [2.05, 4.69) is 9.98 Å². The zero-order chi connectivity index (χ0) is 14.0. The van der Waals surface area contributed by atoms with E-state index in [1.807, 2.05) is 0 Å². The molecule has 0 unspecified atom stereocenters. The van der Waals surface area contributed by atoms with E-state index in [1.165, 1.54) is 6.92 Å². The van der Waals surface area contributed by atoms with Crippen LogP contribution in [0.4, 0.5) is 13.2 Å². The summed E-state index contributed by atoms with van der Waals surface area (Å²) in [5.74, 6) is -0.590. The molecule has 0 amide bonds. The average Bonchev–Trinajstić information content (AvgIpc) is 2.67. The first-order valence-electron chi connectivity index (χ1n) is 5.52. The number of nitrogens with one attached hydrogen (secondary N) is 1. The zero-order valence-corrected chi connectivity index (χ0v) is 10.0. The standard InChI is InChI=1S/C12H11F3N2O2/c1-7(16-6-12(13,14)15)5-8-3-2-4-9-10(8)19-11(18)17-9/h2-4H,5-6H2,1H3,(H,17,18). The number of para-hydroxylation sites is 1. The van der Waals surface area contributed by atoms with Gasteiger partial charge in [-0.2, -0.15) is 13.2 Å². The second-order valence-electron chi connectivity index (χ2n) is 4.15. The van der Waals surface area contributed by atoms with Gasteiger partial charge in [0.2, 0.25) is 0 Å². The highest BCUT2D eigenvalue weighted by Crippen LogP contribution is 2.18. The molecule has 1 aromatic carbocycles. The molecule has 0 aliphatic rings. The van der Waals surface area contributed by atoms with Gasteiger partial charge in [-0.05, 0) is 13.0 Å². The van der Waals surface area contributed by atoms with Gasteiger partial charge >= 0.3 is 11.9 Å². The lowest BCUT2D eigenvalue weighted by Crippen LogP contribution is -2.14. The van der Waals surface area contributed by atoms with Crippen LogP contribution in [0.1, 0.15) is 12.5 Å². The average molecular weight is 272 g/mol. The highest BCUT2D eigenvalue weighted by molar-refractivity contribution is 5.88. The maximum atomic E-state index is 12.0. The molecule has 1 N–H and O–H groups in total. The Bertz CT molecular complexity index is 667. The maximum absolute atomic E-state index is 12.0. The van der Waals surface area contributed by atoms with Gasteiger partial charge < -0.3 is 4.42 Å². The molecule has 102 valence electrons. The van der Waals surface area contributed by atoms with Crippen LogP contribution in [0.15, 0.2) is 32.4 Å². The van der Waals surface area contributed by atoms with Crippen molar-refractivity contribution in [2.24, 2.45) is 4.99 Å². The molecule has 2 aromatic rings. The number of H-pyrrole nitrogens is 1. The minimum atomic E-state index is -4.31. The lowest BCUT2D eigenvalue weighted by molar-refractivity contribution is -0.118. The number of oxazole rings is 1. The molecule has 1 aromatic heterocycles. The van der Waals surface area contributed by atoms with Crippen molar-refractivity contribution >= 4 is 16.8 Å². The minimum absolute atomic E-state index is 0.203. The highest BCUT2D eigenvalue weighted by Gasteiger charge is 2.26. The Morgan fingerprint density at radius 3 is 2.84 bits per heavy atom. The Morgan fingerprint density at radius 1 is 1.42 bits per heavy atom. The molecular formula is C12H11F3N2O2. The highest BCUT2D eigenvalue weighted by atomic mass is 19.4. The number of halogens is 3. The van der Waals surface area contributed by atoms with Gasteiger partial charge in [-0.25, -0.2) is 4.79 Å². The van der Waals surface area contributed by atoms with Crippen LogP contribution in [0.2, 0.25) is 0 Å². The molecule has 0 radical (unpaired) electrons. The van der Waals surface area contributed by atoms with Crippen molar-refractivity contribution in [1.29, 1.82) is 0 Å². The number of aliphatic imine (C=N–C) groups is 1. The lowest BCUT2D eigenvalue weighted by Gasteiger charge is -2.04. The summed E-state index contributed by atoms with van der Waals surface area (Å²) in [5, 5.41) is 0. The predicted molar refractivity (Wildman–Crippen MR) is 64.6 cm³/mol. The normalized spacial score (nSPS) is 13.2. The first-order chi connectivity index (χ1) is 8.85.